The number of ketones is 3. The normalized spacial score (nSPS) is 30.2. The molecule has 4 saturated carbocycles. The lowest BCUT2D eigenvalue weighted by molar-refractivity contribution is -0.347. The molecule has 3 N–H and O–H groups in total. The Morgan fingerprint density at radius 1 is 0.478 bits per heavy atom. The van der Waals surface area contributed by atoms with E-state index in [9.17, 15) is 58.1 Å². The average molecular weight is 1880 g/mol. The van der Waals surface area contributed by atoms with E-state index >= 15 is 9.59 Å². The van der Waals surface area contributed by atoms with Gasteiger partial charge in [-0.3, -0.25) is 28.8 Å². The van der Waals surface area contributed by atoms with E-state index in [0.29, 0.717) is 52.4 Å². The highest BCUT2D eigenvalue weighted by Crippen LogP contribution is 2.68. The largest absolute Gasteiger partial charge is 0.508 e. The van der Waals surface area contributed by atoms with Crippen molar-refractivity contribution in [2.75, 3.05) is 33.4 Å². The molecule has 734 valence electrons. The van der Waals surface area contributed by atoms with Crippen LogP contribution in [0.1, 0.15) is 211 Å². The molecule has 22 atom stereocenters. The van der Waals surface area contributed by atoms with E-state index in [1.165, 1.54) is 13.8 Å². The SMILES string of the molecule is CC(=O)O[C@@]12CO[C@@H]1C[C@H](OC(=O)OCc1ccccc1)[C@@]1(C)C(=O)[C@H](C)C3=C(C)[C@@H](OC(=O)C(OCOCc4ccccc4)[C@@H](C)CC(C)C)C[C@@](O)([C@@H](OC(=O)c4ccccc4)[C@H]21)C3(C)C.CC(=O)O[C@@]12CO[C@@H]1C[C@H](OCC(=O)c1ccccc1)[C@@]1(C)C(=O)[C@H](C)C3=C(C)[C@@H](O)C[C@@](O)([C@@H](OC(=O)c4ccccc4)[C@H]21)C3(C)C.CC(C)C[C@H](C)C(OCOCc1ccccc1)C(=O)F. The van der Waals surface area contributed by atoms with Crippen LogP contribution in [0.15, 0.2) is 204 Å². The predicted molar refractivity (Wildman–Crippen MR) is 496 cm³/mol. The van der Waals surface area contributed by atoms with Gasteiger partial charge >= 0.3 is 42.0 Å². The first kappa shape index (κ1) is 105. The number of esters is 5. The number of carbonyl (C=O) groups excluding carboxylic acids is 10. The molecule has 136 heavy (non-hydrogen) atoms. The van der Waals surface area contributed by atoms with E-state index in [2.05, 4.69) is 0 Å². The molecule has 6 fully saturated rings. The molecule has 14 rings (SSSR count). The van der Waals surface area contributed by atoms with E-state index in [4.69, 9.17) is 66.3 Å². The Morgan fingerprint density at radius 3 is 1.26 bits per heavy atom. The average Bonchev–Trinajstić information content (AvgIpc) is 0.671. The summed E-state index contributed by atoms with van der Waals surface area (Å²) >= 11 is 0. The lowest BCUT2D eigenvalue weighted by atomic mass is 9.43. The van der Waals surface area contributed by atoms with Gasteiger partial charge < -0.3 is 81.6 Å². The maximum Gasteiger partial charge on any atom is 0.508 e. The molecule has 0 amide bonds. The number of hydrogen-bond acceptors (Lipinski definition) is 27. The van der Waals surface area contributed by atoms with Crippen LogP contribution in [0.4, 0.5) is 9.18 Å². The highest BCUT2D eigenvalue weighted by molar-refractivity contribution is 5.98. The van der Waals surface area contributed by atoms with Crippen molar-refractivity contribution in [2.45, 2.75) is 266 Å². The van der Waals surface area contributed by atoms with Crippen LogP contribution in [-0.2, 0) is 115 Å². The maximum absolute atomic E-state index is 15.9. The monoisotopic (exact) mass is 1880 g/mol. The summed E-state index contributed by atoms with van der Waals surface area (Å²) in [7, 11) is 0. The zero-order chi connectivity index (χ0) is 99.0. The molecule has 0 spiro atoms. The summed E-state index contributed by atoms with van der Waals surface area (Å²) in [5.74, 6) is -9.00. The molecule has 27 nitrogen and oxygen atoms in total. The topological polar surface area (TPSA) is 361 Å². The summed E-state index contributed by atoms with van der Waals surface area (Å²) in [6.07, 6.45) is -11.9. The number of hydrogen-bond donors (Lipinski definition) is 3. The van der Waals surface area contributed by atoms with E-state index in [1.807, 2.05) is 108 Å². The summed E-state index contributed by atoms with van der Waals surface area (Å²) in [6, 6.07) is 51.9. The van der Waals surface area contributed by atoms with Gasteiger partial charge in [0.1, 0.15) is 86.2 Å². The van der Waals surface area contributed by atoms with E-state index in [-0.39, 0.29) is 113 Å². The number of aliphatic hydroxyl groups is 3. The standard InChI is InChI=1S/C54H66O14.C38H44O10.C16H23FO3/c1-32(2)25-33(3)44(64-31-61-28-37-19-13-10-14-20-37)49(58)65-40-27-54(60)47(67-48(57)39-23-17-12-18-24-39)45-52(9,46(56)35(5)43(34(40)4)51(54,7)8)41(26-42-53(45,30-63-42)68-36(6)55)66-50(59)62-29-38-21-15-11-16-22-38;1-21-26(40)18-38(44)33(47-34(43)25-15-11-8-12-16-25)31-36(6,32(42)22(2)30(21)35(38,4)5)28(17-29-37(31,20-46-29)48-23(3)39)45-19-27(41)24-13-9-7-10-14-24;1-12(2)9-13(3)15(16(17)18)20-11-19-10-14-7-5-4-6-8-14/h10-24,32-33,35,40-42,44-45,47,60H,25-31H2,1-9H3;7-16,22,26,28-29,31,33,40,44H,17-20H2,1-6H3;4-8,12-13,15H,9-11H2,1-3H3/t33-,35+,40-,41-,42+,44?,45-,47-,52+,53-,54+;22-,26+,28+,29-,31+,33+,36-,37+,38-;13-,15?/m010/s1. The molecule has 0 aromatic heterocycles. The van der Waals surface area contributed by atoms with Gasteiger partial charge in [0.25, 0.3) is 0 Å². The molecule has 6 aromatic rings. The fourth-order valence-corrected chi connectivity index (χ4v) is 23.1. The number of rotatable bonds is 32. The molecule has 8 aliphatic rings. The van der Waals surface area contributed by atoms with Crippen molar-refractivity contribution in [1.29, 1.82) is 0 Å². The van der Waals surface area contributed by atoms with Crippen LogP contribution in [-0.4, -0.2) is 192 Å². The lowest BCUT2D eigenvalue weighted by Gasteiger charge is -2.68. The van der Waals surface area contributed by atoms with Crippen LogP contribution in [0.25, 0.3) is 0 Å². The highest BCUT2D eigenvalue weighted by atomic mass is 19.1. The molecule has 4 bridgehead atoms. The van der Waals surface area contributed by atoms with Crippen LogP contribution in [0.2, 0.25) is 0 Å². The van der Waals surface area contributed by atoms with Crippen LogP contribution in [0.3, 0.4) is 0 Å². The zero-order valence-electron chi connectivity index (χ0n) is 81.1. The van der Waals surface area contributed by atoms with Gasteiger partial charge in [-0.25, -0.2) is 19.2 Å². The summed E-state index contributed by atoms with van der Waals surface area (Å²) in [5.41, 5.74) is -7.72. The minimum atomic E-state index is -2.17. The number of aliphatic hydroxyl groups excluding tert-OH is 1. The second kappa shape index (κ2) is 43.3. The smallest absolute Gasteiger partial charge is 0.456 e. The van der Waals surface area contributed by atoms with Gasteiger partial charge in [-0.2, -0.15) is 4.39 Å². The zero-order valence-corrected chi connectivity index (χ0v) is 81.1. The number of halogens is 1. The van der Waals surface area contributed by atoms with Crippen molar-refractivity contribution >= 4 is 59.4 Å². The third-order valence-electron chi connectivity index (χ3n) is 29.7. The van der Waals surface area contributed by atoms with E-state index in [0.717, 1.165) is 17.5 Å². The molecular formula is C108H133FO27. The Hall–Kier alpha value is -10.4. The Labute approximate surface area is 795 Å². The van der Waals surface area contributed by atoms with Gasteiger partial charge in [0, 0.05) is 67.8 Å². The molecule has 28 heteroatoms. The van der Waals surface area contributed by atoms with Gasteiger partial charge in [0.2, 0.25) is 0 Å². The van der Waals surface area contributed by atoms with Gasteiger partial charge in [-0.05, 0) is 127 Å². The Morgan fingerprint density at radius 2 is 0.853 bits per heavy atom. The summed E-state index contributed by atoms with van der Waals surface area (Å²) < 4.78 is 97.8. The van der Waals surface area contributed by atoms with Crippen LogP contribution < -0.4 is 0 Å². The number of ether oxygens (including phenoxy) is 14. The molecule has 2 unspecified atom stereocenters. The number of fused-ring (bicyclic) bond motifs is 10. The van der Waals surface area contributed by atoms with Crippen molar-refractivity contribution in [3.63, 3.8) is 0 Å². The first-order chi connectivity index (χ1) is 64.3. The number of benzene rings is 6. The molecular weight excluding hydrogens is 1750 g/mol. The summed E-state index contributed by atoms with van der Waals surface area (Å²) in [4.78, 5) is 138. The van der Waals surface area contributed by atoms with Crippen LogP contribution in [0, 0.1) is 69.0 Å². The lowest BCUT2D eigenvalue weighted by Crippen LogP contribution is -2.81. The molecule has 0 radical (unpaired) electrons. The van der Waals surface area contributed by atoms with Gasteiger partial charge in [-0.1, -0.05) is 241 Å². The Kier molecular flexibility index (Phi) is 33.3. The van der Waals surface area contributed by atoms with Crippen molar-refractivity contribution in [3.05, 3.63) is 238 Å². The highest BCUT2D eigenvalue weighted by Gasteiger charge is 2.81. The molecule has 6 aromatic carbocycles. The quantitative estimate of drug-likeness (QED) is 0.00671. The second-order valence-electron chi connectivity index (χ2n) is 40.2. The molecule has 6 aliphatic carbocycles. The van der Waals surface area contributed by atoms with Gasteiger partial charge in [-0.15, -0.1) is 0 Å². The molecule has 2 aliphatic heterocycles. The van der Waals surface area contributed by atoms with Crippen molar-refractivity contribution in [1.82, 2.24) is 0 Å². The van der Waals surface area contributed by atoms with E-state index in [1.54, 1.807) is 184 Å². The van der Waals surface area contributed by atoms with E-state index < -0.39 is 177 Å². The van der Waals surface area contributed by atoms with Gasteiger partial charge in [0.15, 0.2) is 29.2 Å². The van der Waals surface area contributed by atoms with Gasteiger partial charge in [0.05, 0.1) is 72.4 Å². The number of carbonyl (C=O) groups is 10. The third kappa shape index (κ3) is 21.3. The fraction of sp³-hybridized carbons (Fsp3) is 0.537. The molecule has 2 heterocycles. The first-order valence-corrected chi connectivity index (χ1v) is 47.1. The van der Waals surface area contributed by atoms with Crippen molar-refractivity contribution in [3.8, 4) is 0 Å². The van der Waals surface area contributed by atoms with Crippen LogP contribution in [0.5, 0.6) is 0 Å². The summed E-state index contributed by atoms with van der Waals surface area (Å²) in [5, 5.41) is 38.5. The Bertz CT molecular complexity index is 5280. The fourth-order valence-electron chi connectivity index (χ4n) is 23.1. The van der Waals surface area contributed by atoms with Crippen molar-refractivity contribution < 1.29 is 134 Å². The van der Waals surface area contributed by atoms with Crippen LogP contribution >= 0.6 is 0 Å². The molecule has 2 saturated heterocycles. The third-order valence-corrected chi connectivity index (χ3v) is 29.7. The summed E-state index contributed by atoms with van der Waals surface area (Å²) in [6.45, 7) is 31.3. The first-order valence-electron chi connectivity index (χ1n) is 47.1. The predicted octanol–water partition coefficient (Wildman–Crippen LogP) is 16.5. The number of Topliss-reactive ketones (excluding diaryl/α,β-unsaturated/α-hetero) is 3. The minimum Gasteiger partial charge on any atom is -0.456 e. The second-order valence-corrected chi connectivity index (χ2v) is 40.2. The minimum absolute atomic E-state index is 0.0857. The Balaban J connectivity index is 0.000000211. The maximum atomic E-state index is 15.9. The van der Waals surface area contributed by atoms with Crippen molar-refractivity contribution in [2.24, 2.45) is 69.0 Å².